The molecule has 1 atom stereocenters. The third-order valence-corrected chi connectivity index (χ3v) is 7.97. The minimum Gasteiger partial charge on any atom is -0.337 e. The number of amides is 1. The molecule has 1 heterocycles. The zero-order valence-corrected chi connectivity index (χ0v) is 20.2. The molecule has 0 aromatic heterocycles. The fourth-order valence-electron chi connectivity index (χ4n) is 4.77. The van der Waals surface area contributed by atoms with Crippen molar-refractivity contribution < 1.29 is 13.2 Å². The Hall–Kier alpha value is -2.96. The molecule has 4 rings (SSSR count). The van der Waals surface area contributed by atoms with E-state index in [0.29, 0.717) is 30.6 Å². The van der Waals surface area contributed by atoms with Gasteiger partial charge in [0.15, 0.2) is 0 Å². The van der Waals surface area contributed by atoms with Crippen molar-refractivity contribution in [1.82, 2.24) is 9.62 Å². The van der Waals surface area contributed by atoms with Crippen molar-refractivity contribution in [3.05, 3.63) is 100 Å². The highest BCUT2D eigenvalue weighted by Crippen LogP contribution is 2.24. The van der Waals surface area contributed by atoms with Crippen molar-refractivity contribution in [3.8, 4) is 0 Å². The van der Waals surface area contributed by atoms with E-state index in [2.05, 4.69) is 10.8 Å². The molecule has 0 aliphatic carbocycles. The molecule has 0 unspecified atom stereocenters. The molecule has 1 N–H and O–H groups in total. The van der Waals surface area contributed by atoms with Gasteiger partial charge < -0.3 is 4.90 Å². The van der Waals surface area contributed by atoms with E-state index in [-0.39, 0.29) is 10.8 Å². The van der Waals surface area contributed by atoms with E-state index < -0.39 is 16.1 Å². The minimum absolute atomic E-state index is 0.195. The number of nitrogens with zero attached hydrogens (tertiary/aromatic N) is 1. The Bertz CT molecular complexity index is 1250. The van der Waals surface area contributed by atoms with Crippen LogP contribution in [0.1, 0.15) is 33.4 Å². The van der Waals surface area contributed by atoms with Crippen LogP contribution in [0, 0.1) is 20.8 Å². The Labute approximate surface area is 196 Å². The van der Waals surface area contributed by atoms with E-state index in [1.807, 2.05) is 67.6 Å². The lowest BCUT2D eigenvalue weighted by molar-refractivity contribution is -0.133. The number of hydrogen-bond donors (Lipinski definition) is 1. The molecule has 3 aromatic carbocycles. The molecule has 33 heavy (non-hydrogen) atoms. The van der Waals surface area contributed by atoms with E-state index in [9.17, 15) is 13.2 Å². The van der Waals surface area contributed by atoms with Crippen LogP contribution in [-0.2, 0) is 34.2 Å². The Morgan fingerprint density at radius 3 is 2.21 bits per heavy atom. The SMILES string of the molecule is Cc1cc(C)c(S(=O)(=O)N[C@H](Cc2ccccc2)C(=O)N2CCc3ccccc3C2)c(C)c1. The number of rotatable bonds is 6. The quantitative estimate of drug-likeness (QED) is 0.600. The summed E-state index contributed by atoms with van der Waals surface area (Å²) in [4.78, 5) is 15.7. The fraction of sp³-hybridized carbons (Fsp3) is 0.296. The number of carbonyl (C=O) groups is 1. The van der Waals surface area contributed by atoms with E-state index in [1.165, 1.54) is 5.56 Å². The summed E-state index contributed by atoms with van der Waals surface area (Å²) < 4.78 is 29.7. The maximum Gasteiger partial charge on any atom is 0.241 e. The minimum atomic E-state index is -3.90. The molecule has 3 aromatic rings. The summed E-state index contributed by atoms with van der Waals surface area (Å²) >= 11 is 0. The Kier molecular flexibility index (Phi) is 6.68. The normalized spacial score (nSPS) is 14.6. The van der Waals surface area contributed by atoms with Gasteiger partial charge in [0.05, 0.1) is 4.90 Å². The third kappa shape index (κ3) is 5.18. The first-order chi connectivity index (χ1) is 15.7. The van der Waals surface area contributed by atoms with Gasteiger partial charge in [-0.25, -0.2) is 8.42 Å². The van der Waals surface area contributed by atoms with Crippen LogP contribution in [0.5, 0.6) is 0 Å². The van der Waals surface area contributed by atoms with Crippen molar-refractivity contribution in [1.29, 1.82) is 0 Å². The summed E-state index contributed by atoms with van der Waals surface area (Å²) in [7, 11) is -3.90. The van der Waals surface area contributed by atoms with E-state index in [4.69, 9.17) is 0 Å². The number of nitrogens with one attached hydrogen (secondary N) is 1. The van der Waals surface area contributed by atoms with Gasteiger partial charge >= 0.3 is 0 Å². The second kappa shape index (κ2) is 9.49. The molecule has 6 heteroatoms. The standard InChI is InChI=1S/C27H30N2O3S/c1-19-15-20(2)26(21(3)16-19)33(31,32)28-25(17-22-9-5-4-6-10-22)27(30)29-14-13-23-11-7-8-12-24(23)18-29/h4-12,15-16,25,28H,13-14,17-18H2,1-3H3/t25-/m1/s1. The predicted octanol–water partition coefficient (Wildman–Crippen LogP) is 4.09. The highest BCUT2D eigenvalue weighted by Gasteiger charge is 2.32. The van der Waals surface area contributed by atoms with Crippen LogP contribution in [0.3, 0.4) is 0 Å². The average Bonchev–Trinajstić information content (AvgIpc) is 2.77. The maximum absolute atomic E-state index is 13.6. The molecule has 0 fully saturated rings. The number of sulfonamides is 1. The molecule has 0 saturated heterocycles. The summed E-state index contributed by atoms with van der Waals surface area (Å²) in [6, 6.07) is 20.5. The molecule has 1 aliphatic rings. The topological polar surface area (TPSA) is 66.5 Å². The fourth-order valence-corrected chi connectivity index (χ4v) is 6.41. The number of carbonyl (C=O) groups excluding carboxylic acids is 1. The van der Waals surface area contributed by atoms with E-state index in [1.54, 1.807) is 18.7 Å². The van der Waals surface area contributed by atoms with Crippen molar-refractivity contribution in [2.75, 3.05) is 6.54 Å². The van der Waals surface area contributed by atoms with Crippen LogP contribution in [0.2, 0.25) is 0 Å². The van der Waals surface area contributed by atoms with Crippen molar-refractivity contribution >= 4 is 15.9 Å². The van der Waals surface area contributed by atoms with Crippen molar-refractivity contribution in [3.63, 3.8) is 0 Å². The van der Waals surface area contributed by atoms with Gasteiger partial charge in [0.2, 0.25) is 15.9 Å². The smallest absolute Gasteiger partial charge is 0.241 e. The molecule has 172 valence electrons. The van der Waals surface area contributed by atoms with Gasteiger partial charge in [0.25, 0.3) is 0 Å². The molecule has 1 aliphatic heterocycles. The van der Waals surface area contributed by atoms with Crippen LogP contribution in [-0.4, -0.2) is 31.8 Å². The first kappa shape index (κ1) is 23.2. The van der Waals surface area contributed by atoms with Crippen molar-refractivity contribution in [2.24, 2.45) is 0 Å². The number of fused-ring (bicyclic) bond motifs is 1. The number of aryl methyl sites for hydroxylation is 3. The molecule has 0 spiro atoms. The largest absolute Gasteiger partial charge is 0.337 e. The summed E-state index contributed by atoms with van der Waals surface area (Å²) in [6.45, 7) is 6.60. The highest BCUT2D eigenvalue weighted by molar-refractivity contribution is 7.89. The van der Waals surface area contributed by atoms with Gasteiger partial charge in [-0.15, -0.1) is 0 Å². The summed E-state index contributed by atoms with van der Waals surface area (Å²) in [5.41, 5.74) is 5.63. The molecule has 5 nitrogen and oxygen atoms in total. The highest BCUT2D eigenvalue weighted by atomic mass is 32.2. The van der Waals surface area contributed by atoms with Crippen LogP contribution in [0.25, 0.3) is 0 Å². The van der Waals surface area contributed by atoms with Gasteiger partial charge in [-0.2, -0.15) is 4.72 Å². The van der Waals surface area contributed by atoms with E-state index >= 15 is 0 Å². The van der Waals surface area contributed by atoms with Crippen LogP contribution in [0.15, 0.2) is 71.6 Å². The number of benzene rings is 3. The molecular weight excluding hydrogens is 432 g/mol. The molecule has 0 saturated carbocycles. The zero-order chi connectivity index (χ0) is 23.6. The van der Waals surface area contributed by atoms with Gasteiger partial charge in [-0.05, 0) is 61.4 Å². The Morgan fingerprint density at radius 1 is 0.939 bits per heavy atom. The second-order valence-corrected chi connectivity index (χ2v) is 10.5. The lowest BCUT2D eigenvalue weighted by Crippen LogP contribution is -2.51. The van der Waals surface area contributed by atoms with Gasteiger partial charge in [0, 0.05) is 13.1 Å². The summed E-state index contributed by atoms with van der Waals surface area (Å²) in [6.07, 6.45) is 1.06. The van der Waals surface area contributed by atoms with Gasteiger partial charge in [-0.1, -0.05) is 72.3 Å². The zero-order valence-electron chi connectivity index (χ0n) is 19.3. The molecule has 0 bridgehead atoms. The van der Waals surface area contributed by atoms with Crippen LogP contribution in [0.4, 0.5) is 0 Å². The molecule has 0 radical (unpaired) electrons. The summed E-state index contributed by atoms with van der Waals surface area (Å²) in [5, 5.41) is 0. The third-order valence-electron chi connectivity index (χ3n) is 6.19. The number of hydrogen-bond acceptors (Lipinski definition) is 3. The lowest BCUT2D eigenvalue weighted by atomic mass is 9.98. The molecule has 1 amide bonds. The Balaban J connectivity index is 1.65. The Morgan fingerprint density at radius 2 is 1.55 bits per heavy atom. The first-order valence-corrected chi connectivity index (χ1v) is 12.7. The predicted molar refractivity (Wildman–Crippen MR) is 130 cm³/mol. The maximum atomic E-state index is 13.6. The van der Waals surface area contributed by atoms with Crippen LogP contribution >= 0.6 is 0 Å². The van der Waals surface area contributed by atoms with E-state index in [0.717, 1.165) is 23.1 Å². The van der Waals surface area contributed by atoms with Gasteiger partial charge in [0.1, 0.15) is 6.04 Å². The molecular formula is C27H30N2O3S. The second-order valence-electron chi connectivity index (χ2n) is 8.87. The summed E-state index contributed by atoms with van der Waals surface area (Å²) in [5.74, 6) is -0.195. The first-order valence-electron chi connectivity index (χ1n) is 11.2. The van der Waals surface area contributed by atoms with Crippen molar-refractivity contribution in [2.45, 2.75) is 51.1 Å². The average molecular weight is 463 g/mol. The van der Waals surface area contributed by atoms with Gasteiger partial charge in [-0.3, -0.25) is 4.79 Å². The van der Waals surface area contributed by atoms with Crippen LogP contribution < -0.4 is 4.72 Å². The monoisotopic (exact) mass is 462 g/mol. The lowest BCUT2D eigenvalue weighted by Gasteiger charge is -2.32.